The Bertz CT molecular complexity index is 501. The van der Waals surface area contributed by atoms with E-state index in [2.05, 4.69) is 72.6 Å². The Morgan fingerprint density at radius 3 is 1.78 bits per heavy atom. The first-order valence-corrected chi connectivity index (χ1v) is 8.35. The van der Waals surface area contributed by atoms with Crippen LogP contribution in [0.15, 0.2) is 60.7 Å². The molecule has 0 aliphatic heterocycles. The minimum absolute atomic E-state index is 0.371. The number of hydrogen-bond acceptors (Lipinski definition) is 3. The van der Waals surface area contributed by atoms with Crippen LogP contribution in [0.1, 0.15) is 25.0 Å². The number of nitrogens with one attached hydrogen (secondary N) is 1. The third-order valence-corrected chi connectivity index (χ3v) is 3.73. The summed E-state index contributed by atoms with van der Waals surface area (Å²) >= 11 is 0. The maximum atomic E-state index is 10.3. The van der Waals surface area contributed by atoms with Crippen LogP contribution in [0.25, 0.3) is 0 Å². The SMILES string of the molecule is CC(C)NCC(O)CN(Cc1ccccc1)Cc1ccccc1. The molecule has 2 aromatic carbocycles. The normalized spacial score (nSPS) is 12.7. The molecule has 0 radical (unpaired) electrons. The first-order chi connectivity index (χ1) is 11.1. The Balaban J connectivity index is 1.98. The zero-order chi connectivity index (χ0) is 16.5. The van der Waals surface area contributed by atoms with Gasteiger partial charge in [0.05, 0.1) is 6.10 Å². The van der Waals surface area contributed by atoms with Crippen LogP contribution in [-0.2, 0) is 13.1 Å². The Kier molecular flexibility index (Phi) is 7.27. The van der Waals surface area contributed by atoms with Crippen molar-refractivity contribution in [3.05, 3.63) is 71.8 Å². The van der Waals surface area contributed by atoms with Gasteiger partial charge in [0.1, 0.15) is 0 Å². The van der Waals surface area contributed by atoms with Gasteiger partial charge in [-0.25, -0.2) is 0 Å². The van der Waals surface area contributed by atoms with Crippen molar-refractivity contribution in [3.63, 3.8) is 0 Å². The van der Waals surface area contributed by atoms with E-state index >= 15 is 0 Å². The van der Waals surface area contributed by atoms with Crippen molar-refractivity contribution in [3.8, 4) is 0 Å². The molecule has 0 heterocycles. The Hall–Kier alpha value is -1.68. The van der Waals surface area contributed by atoms with E-state index in [9.17, 15) is 5.11 Å². The maximum absolute atomic E-state index is 10.3. The van der Waals surface area contributed by atoms with Crippen molar-refractivity contribution < 1.29 is 5.11 Å². The molecule has 1 atom stereocenters. The highest BCUT2D eigenvalue weighted by Gasteiger charge is 2.13. The molecule has 23 heavy (non-hydrogen) atoms. The first-order valence-electron chi connectivity index (χ1n) is 8.35. The highest BCUT2D eigenvalue weighted by Crippen LogP contribution is 2.10. The van der Waals surface area contributed by atoms with Crippen LogP contribution in [0.4, 0.5) is 0 Å². The summed E-state index contributed by atoms with van der Waals surface area (Å²) in [6.07, 6.45) is -0.371. The minimum atomic E-state index is -0.371. The fraction of sp³-hybridized carbons (Fsp3) is 0.400. The van der Waals surface area contributed by atoms with Gasteiger partial charge in [0.25, 0.3) is 0 Å². The van der Waals surface area contributed by atoms with Crippen LogP contribution in [0, 0.1) is 0 Å². The quantitative estimate of drug-likeness (QED) is 0.747. The predicted octanol–water partition coefficient (Wildman–Crippen LogP) is 3.05. The van der Waals surface area contributed by atoms with Crippen LogP contribution in [0.5, 0.6) is 0 Å². The summed E-state index contributed by atoms with van der Waals surface area (Å²) < 4.78 is 0. The fourth-order valence-electron chi connectivity index (χ4n) is 2.60. The Morgan fingerprint density at radius 1 is 0.870 bits per heavy atom. The van der Waals surface area contributed by atoms with E-state index in [1.165, 1.54) is 11.1 Å². The molecule has 1 unspecified atom stereocenters. The topological polar surface area (TPSA) is 35.5 Å². The first kappa shape index (κ1) is 17.7. The monoisotopic (exact) mass is 312 g/mol. The largest absolute Gasteiger partial charge is 0.390 e. The smallest absolute Gasteiger partial charge is 0.0791 e. The number of aliphatic hydroxyl groups is 1. The lowest BCUT2D eigenvalue weighted by atomic mass is 10.1. The van der Waals surface area contributed by atoms with E-state index in [1.54, 1.807) is 0 Å². The lowest BCUT2D eigenvalue weighted by Gasteiger charge is -2.26. The van der Waals surface area contributed by atoms with Crippen molar-refractivity contribution in [2.75, 3.05) is 13.1 Å². The van der Waals surface area contributed by atoms with Gasteiger partial charge in [0.2, 0.25) is 0 Å². The summed E-state index contributed by atoms with van der Waals surface area (Å²) in [7, 11) is 0. The molecule has 0 fully saturated rings. The second kappa shape index (κ2) is 9.46. The van der Waals surface area contributed by atoms with Crippen LogP contribution in [0.3, 0.4) is 0 Å². The molecule has 0 aliphatic rings. The van der Waals surface area contributed by atoms with E-state index in [1.807, 2.05) is 12.1 Å². The summed E-state index contributed by atoms with van der Waals surface area (Å²) in [4.78, 5) is 2.30. The van der Waals surface area contributed by atoms with Crippen LogP contribution in [0.2, 0.25) is 0 Å². The lowest BCUT2D eigenvalue weighted by molar-refractivity contribution is 0.102. The summed E-state index contributed by atoms with van der Waals surface area (Å²) in [6, 6.07) is 21.3. The molecular weight excluding hydrogens is 284 g/mol. The van der Waals surface area contributed by atoms with Gasteiger partial charge in [-0.3, -0.25) is 4.90 Å². The van der Waals surface area contributed by atoms with Gasteiger partial charge in [-0.2, -0.15) is 0 Å². The molecule has 0 spiro atoms. The number of nitrogens with zero attached hydrogens (tertiary/aromatic N) is 1. The van der Waals surface area contributed by atoms with Crippen molar-refractivity contribution >= 4 is 0 Å². The van der Waals surface area contributed by atoms with Crippen molar-refractivity contribution in [1.82, 2.24) is 10.2 Å². The van der Waals surface area contributed by atoms with Crippen LogP contribution < -0.4 is 5.32 Å². The molecule has 0 saturated carbocycles. The van der Waals surface area contributed by atoms with Gasteiger partial charge in [-0.15, -0.1) is 0 Å². The molecule has 0 aliphatic carbocycles. The molecule has 0 amide bonds. The Labute approximate surface area is 140 Å². The third-order valence-electron chi connectivity index (χ3n) is 3.73. The summed E-state index contributed by atoms with van der Waals surface area (Å²) in [5, 5.41) is 13.6. The van der Waals surface area contributed by atoms with Crippen LogP contribution in [-0.4, -0.2) is 35.2 Å². The highest BCUT2D eigenvalue weighted by molar-refractivity contribution is 5.17. The third kappa shape index (κ3) is 6.95. The Morgan fingerprint density at radius 2 is 1.35 bits per heavy atom. The standard InChI is InChI=1S/C20H28N2O/c1-17(2)21-13-20(23)16-22(14-18-9-5-3-6-10-18)15-19-11-7-4-8-12-19/h3-12,17,20-21,23H,13-16H2,1-2H3. The van der Waals surface area contributed by atoms with Gasteiger partial charge >= 0.3 is 0 Å². The van der Waals surface area contributed by atoms with E-state index in [0.717, 1.165) is 13.1 Å². The molecule has 0 aromatic heterocycles. The molecule has 3 nitrogen and oxygen atoms in total. The van der Waals surface area contributed by atoms with E-state index in [0.29, 0.717) is 19.1 Å². The fourth-order valence-corrected chi connectivity index (χ4v) is 2.60. The lowest BCUT2D eigenvalue weighted by Crippen LogP contribution is -2.39. The predicted molar refractivity (Wildman–Crippen MR) is 96.1 cm³/mol. The second-order valence-corrected chi connectivity index (χ2v) is 6.36. The summed E-state index contributed by atoms with van der Waals surface area (Å²) in [5.74, 6) is 0. The molecule has 2 N–H and O–H groups in total. The maximum Gasteiger partial charge on any atom is 0.0791 e. The van der Waals surface area contributed by atoms with E-state index in [-0.39, 0.29) is 6.10 Å². The van der Waals surface area contributed by atoms with Gasteiger partial charge in [-0.05, 0) is 11.1 Å². The van der Waals surface area contributed by atoms with Crippen molar-refractivity contribution in [1.29, 1.82) is 0 Å². The molecule has 3 heteroatoms. The zero-order valence-corrected chi connectivity index (χ0v) is 14.2. The summed E-state index contributed by atoms with van der Waals surface area (Å²) in [5.41, 5.74) is 2.54. The number of benzene rings is 2. The number of hydrogen-bond donors (Lipinski definition) is 2. The highest BCUT2D eigenvalue weighted by atomic mass is 16.3. The molecule has 2 aromatic rings. The molecule has 0 bridgehead atoms. The van der Waals surface area contributed by atoms with Gasteiger partial charge in [0, 0.05) is 32.2 Å². The van der Waals surface area contributed by atoms with Gasteiger partial charge in [0.15, 0.2) is 0 Å². The number of rotatable bonds is 9. The van der Waals surface area contributed by atoms with Crippen molar-refractivity contribution in [2.24, 2.45) is 0 Å². The van der Waals surface area contributed by atoms with Gasteiger partial charge in [-0.1, -0.05) is 74.5 Å². The minimum Gasteiger partial charge on any atom is -0.390 e. The van der Waals surface area contributed by atoms with E-state index < -0.39 is 0 Å². The molecule has 124 valence electrons. The zero-order valence-electron chi connectivity index (χ0n) is 14.2. The summed E-state index contributed by atoms with van der Waals surface area (Å²) in [6.45, 7) is 7.15. The van der Waals surface area contributed by atoms with Gasteiger partial charge < -0.3 is 10.4 Å². The van der Waals surface area contributed by atoms with Crippen molar-refractivity contribution in [2.45, 2.75) is 39.1 Å². The second-order valence-electron chi connectivity index (χ2n) is 6.36. The molecule has 2 rings (SSSR count). The average Bonchev–Trinajstić information content (AvgIpc) is 2.55. The number of aliphatic hydroxyl groups excluding tert-OH is 1. The molecular formula is C20H28N2O. The average molecular weight is 312 g/mol. The molecule has 0 saturated heterocycles. The van der Waals surface area contributed by atoms with E-state index in [4.69, 9.17) is 0 Å². The van der Waals surface area contributed by atoms with Crippen LogP contribution >= 0.6 is 0 Å².